The molecule has 1 aliphatic rings. The normalized spacial score (nSPS) is 13.1. The van der Waals surface area contributed by atoms with Crippen LogP contribution in [-0.2, 0) is 12.8 Å². The molecule has 4 heteroatoms. The van der Waals surface area contributed by atoms with E-state index in [-0.39, 0.29) is 0 Å². The molecule has 1 aliphatic carbocycles. The molecule has 4 nitrogen and oxygen atoms in total. The maximum Gasteiger partial charge on any atom is 0.161 e. The Morgan fingerprint density at radius 2 is 1.86 bits per heavy atom. The summed E-state index contributed by atoms with van der Waals surface area (Å²) in [5.74, 6) is 1.85. The Hall–Kier alpha value is -2.10. The van der Waals surface area contributed by atoms with Gasteiger partial charge < -0.3 is 10.2 Å². The molecule has 0 unspecified atom stereocenters. The fourth-order valence-electron chi connectivity index (χ4n) is 2.78. The maximum atomic E-state index is 4.78. The molecule has 0 bridgehead atoms. The Balaban J connectivity index is 2.00. The molecule has 21 heavy (non-hydrogen) atoms. The fraction of sp³-hybridized carbons (Fsp3) is 0.412. The van der Waals surface area contributed by atoms with Crippen LogP contribution in [0, 0.1) is 0 Å². The lowest BCUT2D eigenvalue weighted by Gasteiger charge is -2.14. The molecule has 1 aromatic heterocycles. The van der Waals surface area contributed by atoms with E-state index in [1.54, 1.807) is 0 Å². The van der Waals surface area contributed by atoms with Crippen LogP contribution >= 0.6 is 0 Å². The fourth-order valence-corrected chi connectivity index (χ4v) is 2.78. The van der Waals surface area contributed by atoms with Crippen molar-refractivity contribution >= 4 is 11.5 Å². The van der Waals surface area contributed by atoms with Gasteiger partial charge in [-0.2, -0.15) is 0 Å². The van der Waals surface area contributed by atoms with E-state index in [9.17, 15) is 0 Å². The number of aromatic nitrogens is 2. The Bertz CT molecular complexity index is 632. The minimum Gasteiger partial charge on any atom is -0.378 e. The summed E-state index contributed by atoms with van der Waals surface area (Å²) in [6.45, 7) is 3.00. The third-order valence-electron chi connectivity index (χ3n) is 3.92. The van der Waals surface area contributed by atoms with Crippen molar-refractivity contribution in [1.29, 1.82) is 0 Å². The largest absolute Gasteiger partial charge is 0.378 e. The predicted octanol–water partition coefficient (Wildman–Crippen LogP) is 3.13. The van der Waals surface area contributed by atoms with E-state index in [4.69, 9.17) is 9.97 Å². The molecule has 0 fully saturated rings. The molecular formula is C17H22N4. The van der Waals surface area contributed by atoms with E-state index in [2.05, 4.69) is 41.4 Å². The smallest absolute Gasteiger partial charge is 0.161 e. The van der Waals surface area contributed by atoms with Crippen molar-refractivity contribution in [2.24, 2.45) is 0 Å². The maximum absolute atomic E-state index is 4.78. The number of aryl methyl sites for hydroxylation is 1. The Labute approximate surface area is 126 Å². The van der Waals surface area contributed by atoms with Gasteiger partial charge in [-0.1, -0.05) is 0 Å². The summed E-state index contributed by atoms with van der Waals surface area (Å²) in [6.07, 6.45) is 3.35. The molecule has 0 aliphatic heterocycles. The third kappa shape index (κ3) is 2.71. The van der Waals surface area contributed by atoms with Crippen molar-refractivity contribution in [3.05, 3.63) is 35.5 Å². The summed E-state index contributed by atoms with van der Waals surface area (Å²) >= 11 is 0. The van der Waals surface area contributed by atoms with E-state index in [1.807, 2.05) is 14.1 Å². The highest BCUT2D eigenvalue weighted by Crippen LogP contribution is 2.29. The second-order valence-electron chi connectivity index (χ2n) is 5.65. The van der Waals surface area contributed by atoms with Gasteiger partial charge >= 0.3 is 0 Å². The monoisotopic (exact) mass is 282 g/mol. The topological polar surface area (TPSA) is 41.1 Å². The van der Waals surface area contributed by atoms with Crippen molar-refractivity contribution in [1.82, 2.24) is 9.97 Å². The second-order valence-corrected chi connectivity index (χ2v) is 5.65. The van der Waals surface area contributed by atoms with Crippen LogP contribution in [0.1, 0.15) is 24.6 Å². The summed E-state index contributed by atoms with van der Waals surface area (Å²) in [5, 5.41) is 3.39. The third-order valence-corrected chi connectivity index (χ3v) is 3.92. The zero-order valence-electron chi connectivity index (χ0n) is 13.0. The summed E-state index contributed by atoms with van der Waals surface area (Å²) in [5.41, 5.74) is 4.79. The van der Waals surface area contributed by atoms with Crippen molar-refractivity contribution in [3.8, 4) is 11.4 Å². The zero-order chi connectivity index (χ0) is 14.8. The number of benzene rings is 1. The zero-order valence-corrected chi connectivity index (χ0v) is 13.0. The molecule has 0 atom stereocenters. The van der Waals surface area contributed by atoms with Crippen LogP contribution in [-0.4, -0.2) is 30.6 Å². The van der Waals surface area contributed by atoms with Gasteiger partial charge in [0.25, 0.3) is 0 Å². The number of rotatable bonds is 4. The van der Waals surface area contributed by atoms with Gasteiger partial charge in [-0.3, -0.25) is 0 Å². The Morgan fingerprint density at radius 1 is 1.10 bits per heavy atom. The second kappa shape index (κ2) is 5.72. The quantitative estimate of drug-likeness (QED) is 0.935. The first-order chi connectivity index (χ1) is 10.2. The highest BCUT2D eigenvalue weighted by atomic mass is 15.1. The van der Waals surface area contributed by atoms with Crippen LogP contribution in [0.15, 0.2) is 24.3 Å². The van der Waals surface area contributed by atoms with Crippen LogP contribution in [0.3, 0.4) is 0 Å². The van der Waals surface area contributed by atoms with Crippen LogP contribution in [0.5, 0.6) is 0 Å². The molecule has 3 rings (SSSR count). The van der Waals surface area contributed by atoms with E-state index in [0.717, 1.165) is 36.6 Å². The number of nitrogens with one attached hydrogen (secondary N) is 1. The lowest BCUT2D eigenvalue weighted by atomic mass is 10.1. The molecule has 0 radical (unpaired) electrons. The number of fused-ring (bicyclic) bond motifs is 1. The van der Waals surface area contributed by atoms with Gasteiger partial charge in [-0.05, 0) is 50.5 Å². The minimum absolute atomic E-state index is 0.830. The average molecular weight is 282 g/mol. The van der Waals surface area contributed by atoms with Gasteiger partial charge in [0.2, 0.25) is 0 Å². The lowest BCUT2D eigenvalue weighted by Crippen LogP contribution is -2.08. The lowest BCUT2D eigenvalue weighted by molar-refractivity contribution is 0.900. The van der Waals surface area contributed by atoms with E-state index >= 15 is 0 Å². The van der Waals surface area contributed by atoms with Crippen LogP contribution in [0.4, 0.5) is 11.5 Å². The number of hydrogen-bond donors (Lipinski definition) is 1. The number of nitrogens with zero attached hydrogens (tertiary/aromatic N) is 3. The van der Waals surface area contributed by atoms with Gasteiger partial charge in [-0.15, -0.1) is 0 Å². The summed E-state index contributed by atoms with van der Waals surface area (Å²) in [4.78, 5) is 11.6. The summed E-state index contributed by atoms with van der Waals surface area (Å²) < 4.78 is 0. The molecule has 0 spiro atoms. The van der Waals surface area contributed by atoms with Crippen molar-refractivity contribution in [2.45, 2.75) is 26.2 Å². The SMILES string of the molecule is CCNc1nc(-c2ccc(N(C)C)cc2)nc2c1CCC2. The van der Waals surface area contributed by atoms with Crippen LogP contribution in [0.2, 0.25) is 0 Å². The van der Waals surface area contributed by atoms with Gasteiger partial charge in [0.1, 0.15) is 5.82 Å². The molecule has 1 N–H and O–H groups in total. The van der Waals surface area contributed by atoms with Gasteiger partial charge in [0, 0.05) is 43.1 Å². The highest BCUT2D eigenvalue weighted by Gasteiger charge is 2.19. The molecule has 0 saturated carbocycles. The Kier molecular flexibility index (Phi) is 3.78. The first kappa shape index (κ1) is 13.9. The molecule has 1 heterocycles. The van der Waals surface area contributed by atoms with E-state index in [0.29, 0.717) is 0 Å². The van der Waals surface area contributed by atoms with Gasteiger partial charge in [-0.25, -0.2) is 9.97 Å². The van der Waals surface area contributed by atoms with Crippen molar-refractivity contribution < 1.29 is 0 Å². The van der Waals surface area contributed by atoms with Crippen LogP contribution < -0.4 is 10.2 Å². The molecule has 0 amide bonds. The van der Waals surface area contributed by atoms with Gasteiger partial charge in [0.05, 0.1) is 0 Å². The molecule has 110 valence electrons. The number of hydrogen-bond acceptors (Lipinski definition) is 4. The highest BCUT2D eigenvalue weighted by molar-refractivity contribution is 5.63. The molecule has 0 saturated heterocycles. The first-order valence-corrected chi connectivity index (χ1v) is 7.60. The first-order valence-electron chi connectivity index (χ1n) is 7.60. The molecule has 1 aromatic carbocycles. The van der Waals surface area contributed by atoms with E-state index in [1.165, 1.54) is 23.4 Å². The Morgan fingerprint density at radius 3 is 2.52 bits per heavy atom. The summed E-state index contributed by atoms with van der Waals surface area (Å²) in [6, 6.07) is 8.42. The minimum atomic E-state index is 0.830. The van der Waals surface area contributed by atoms with Gasteiger partial charge in [0.15, 0.2) is 5.82 Å². The van der Waals surface area contributed by atoms with Crippen molar-refractivity contribution in [3.63, 3.8) is 0 Å². The summed E-state index contributed by atoms with van der Waals surface area (Å²) in [7, 11) is 4.09. The standard InChI is InChI=1S/C17H22N4/c1-4-18-17-14-6-5-7-15(14)19-16(20-17)12-8-10-13(11-9-12)21(2)3/h8-11H,4-7H2,1-3H3,(H,18,19,20). The predicted molar refractivity (Wildman–Crippen MR) is 88.0 cm³/mol. The number of anilines is 2. The van der Waals surface area contributed by atoms with Crippen molar-refractivity contribution in [2.75, 3.05) is 30.9 Å². The molecule has 2 aromatic rings. The molecular weight excluding hydrogens is 260 g/mol. The average Bonchev–Trinajstić information content (AvgIpc) is 2.96. The van der Waals surface area contributed by atoms with E-state index < -0.39 is 0 Å². The van der Waals surface area contributed by atoms with Crippen LogP contribution in [0.25, 0.3) is 11.4 Å².